The van der Waals surface area contributed by atoms with Crippen molar-refractivity contribution in [3.8, 4) is 10.6 Å². The Hall–Kier alpha value is -2.21. The minimum atomic E-state index is -0.407. The molecule has 5 nitrogen and oxygen atoms in total. The molecule has 0 aliphatic carbocycles. The van der Waals surface area contributed by atoms with Crippen molar-refractivity contribution < 1.29 is 9.53 Å². The van der Waals surface area contributed by atoms with Gasteiger partial charge in [-0.15, -0.1) is 11.3 Å². The number of fused-ring (bicyclic) bond motifs is 1. The zero-order chi connectivity index (χ0) is 15.9. The van der Waals surface area contributed by atoms with E-state index in [1.165, 1.54) is 7.11 Å². The maximum Gasteiger partial charge on any atom is 0.341 e. The van der Waals surface area contributed by atoms with Crippen LogP contribution in [0.4, 0.5) is 0 Å². The van der Waals surface area contributed by atoms with Crippen molar-refractivity contribution in [2.75, 3.05) is 7.11 Å². The van der Waals surface area contributed by atoms with E-state index in [2.05, 4.69) is 10.1 Å². The van der Waals surface area contributed by atoms with Crippen LogP contribution in [0.2, 0.25) is 0 Å². The van der Waals surface area contributed by atoms with Crippen molar-refractivity contribution in [1.82, 2.24) is 14.6 Å². The van der Waals surface area contributed by atoms with E-state index in [9.17, 15) is 4.79 Å². The van der Waals surface area contributed by atoms with Crippen LogP contribution >= 0.6 is 11.3 Å². The van der Waals surface area contributed by atoms with Gasteiger partial charge in [0.1, 0.15) is 5.56 Å². The molecule has 0 N–H and O–H groups in total. The van der Waals surface area contributed by atoms with E-state index in [4.69, 9.17) is 4.74 Å². The molecule has 0 saturated carbocycles. The van der Waals surface area contributed by atoms with Gasteiger partial charge in [-0.2, -0.15) is 5.10 Å². The largest absolute Gasteiger partial charge is 0.465 e. The first-order chi connectivity index (χ1) is 10.4. The van der Waals surface area contributed by atoms with E-state index < -0.39 is 5.97 Å². The highest BCUT2D eigenvalue weighted by Crippen LogP contribution is 2.28. The smallest absolute Gasteiger partial charge is 0.341 e. The molecular formula is C16H17N3O2S. The number of ether oxygens (including phenoxy) is 1. The number of carbonyl (C=O) groups excluding carboxylic acids is 1. The minimum absolute atomic E-state index is 0.202. The number of esters is 1. The van der Waals surface area contributed by atoms with Crippen LogP contribution in [0, 0.1) is 0 Å². The molecule has 3 heterocycles. The number of methoxy groups -OCH3 is 1. The maximum atomic E-state index is 12.0. The number of hydrogen-bond donors (Lipinski definition) is 0. The fourth-order valence-electron chi connectivity index (χ4n) is 2.16. The summed E-state index contributed by atoms with van der Waals surface area (Å²) >= 11 is 1.62. The van der Waals surface area contributed by atoms with Gasteiger partial charge in [0.15, 0.2) is 11.5 Å². The Morgan fingerprint density at radius 3 is 2.64 bits per heavy atom. The topological polar surface area (TPSA) is 56.5 Å². The Morgan fingerprint density at radius 1 is 1.27 bits per heavy atom. The van der Waals surface area contributed by atoms with E-state index in [1.807, 2.05) is 44.4 Å². The van der Waals surface area contributed by atoms with Gasteiger partial charge in [0.05, 0.1) is 17.7 Å². The molecule has 3 rings (SSSR count). The number of aromatic nitrogens is 3. The summed E-state index contributed by atoms with van der Waals surface area (Å²) in [6.07, 6.45) is 0. The number of thiophene rings is 1. The van der Waals surface area contributed by atoms with Gasteiger partial charge < -0.3 is 4.74 Å². The SMILES string of the molecule is COC(=O)c1ccc(-c2cccs2)n2nc(C(C)(C)C)nc12. The number of hydrogen-bond acceptors (Lipinski definition) is 5. The second kappa shape index (κ2) is 5.21. The Bertz CT molecular complexity index is 829. The van der Waals surface area contributed by atoms with E-state index in [0.29, 0.717) is 17.0 Å². The number of pyridine rings is 1. The molecule has 0 spiro atoms. The van der Waals surface area contributed by atoms with E-state index in [0.717, 1.165) is 10.6 Å². The third kappa shape index (κ3) is 2.39. The van der Waals surface area contributed by atoms with Gasteiger partial charge in [-0.1, -0.05) is 26.8 Å². The first kappa shape index (κ1) is 14.7. The summed E-state index contributed by atoms with van der Waals surface area (Å²) in [5.41, 5.74) is 1.67. The first-order valence-electron chi connectivity index (χ1n) is 6.94. The van der Waals surface area contributed by atoms with Gasteiger partial charge in [0, 0.05) is 5.41 Å². The molecule has 0 radical (unpaired) electrons. The van der Waals surface area contributed by atoms with Crippen LogP contribution in [0.25, 0.3) is 16.2 Å². The van der Waals surface area contributed by atoms with E-state index in [-0.39, 0.29) is 5.41 Å². The molecule has 0 aliphatic rings. The standard InChI is InChI=1S/C16H17N3O2S/c1-16(2,3)15-17-13-10(14(20)21-4)7-8-11(19(13)18-15)12-6-5-9-22-12/h5-9H,1-4H3. The van der Waals surface area contributed by atoms with Crippen LogP contribution in [0.1, 0.15) is 37.0 Å². The lowest BCUT2D eigenvalue weighted by atomic mass is 9.96. The lowest BCUT2D eigenvalue weighted by Crippen LogP contribution is -2.13. The van der Waals surface area contributed by atoms with Gasteiger partial charge in [0.2, 0.25) is 0 Å². The summed E-state index contributed by atoms with van der Waals surface area (Å²) in [6.45, 7) is 6.14. The van der Waals surface area contributed by atoms with Crippen LogP contribution in [-0.2, 0) is 10.2 Å². The molecule has 0 bridgehead atoms. The maximum absolute atomic E-state index is 12.0. The molecule has 0 aromatic carbocycles. The number of carbonyl (C=O) groups is 1. The molecule has 3 aromatic heterocycles. The van der Waals surface area contributed by atoms with Gasteiger partial charge in [0.25, 0.3) is 0 Å². The molecule has 114 valence electrons. The zero-order valence-corrected chi connectivity index (χ0v) is 13.8. The van der Waals surface area contributed by atoms with Crippen molar-refractivity contribution in [2.24, 2.45) is 0 Å². The van der Waals surface area contributed by atoms with Crippen LogP contribution < -0.4 is 0 Å². The second-order valence-corrected chi connectivity index (χ2v) is 6.97. The predicted molar refractivity (Wildman–Crippen MR) is 86.3 cm³/mol. The normalized spacial score (nSPS) is 11.8. The van der Waals surface area contributed by atoms with Crippen molar-refractivity contribution >= 4 is 23.0 Å². The fraction of sp³-hybridized carbons (Fsp3) is 0.312. The Morgan fingerprint density at radius 2 is 2.05 bits per heavy atom. The van der Waals surface area contributed by atoms with E-state index in [1.54, 1.807) is 21.9 Å². The van der Waals surface area contributed by atoms with Gasteiger partial charge in [-0.05, 0) is 23.6 Å². The average molecular weight is 315 g/mol. The van der Waals surface area contributed by atoms with Crippen molar-refractivity contribution in [2.45, 2.75) is 26.2 Å². The van der Waals surface area contributed by atoms with Crippen molar-refractivity contribution in [3.05, 3.63) is 41.0 Å². The Labute approximate surface area is 132 Å². The molecular weight excluding hydrogens is 298 g/mol. The van der Waals surface area contributed by atoms with Crippen LogP contribution in [-0.4, -0.2) is 27.7 Å². The summed E-state index contributed by atoms with van der Waals surface area (Å²) in [5.74, 6) is 0.289. The van der Waals surface area contributed by atoms with Crippen molar-refractivity contribution in [1.29, 1.82) is 0 Å². The second-order valence-electron chi connectivity index (χ2n) is 6.02. The highest BCUT2D eigenvalue weighted by atomic mass is 32.1. The lowest BCUT2D eigenvalue weighted by Gasteiger charge is -2.11. The highest BCUT2D eigenvalue weighted by Gasteiger charge is 2.24. The third-order valence-corrected chi connectivity index (χ3v) is 4.23. The lowest BCUT2D eigenvalue weighted by molar-refractivity contribution is 0.0602. The first-order valence-corrected chi connectivity index (χ1v) is 7.82. The van der Waals surface area contributed by atoms with Gasteiger partial charge in [-0.25, -0.2) is 14.3 Å². The highest BCUT2D eigenvalue weighted by molar-refractivity contribution is 7.13. The van der Waals surface area contributed by atoms with Crippen LogP contribution in [0.5, 0.6) is 0 Å². The van der Waals surface area contributed by atoms with Crippen LogP contribution in [0.3, 0.4) is 0 Å². The molecule has 6 heteroatoms. The van der Waals surface area contributed by atoms with E-state index >= 15 is 0 Å². The minimum Gasteiger partial charge on any atom is -0.465 e. The van der Waals surface area contributed by atoms with Gasteiger partial charge in [-0.3, -0.25) is 0 Å². The molecule has 0 atom stereocenters. The molecule has 0 saturated heterocycles. The summed E-state index contributed by atoms with van der Waals surface area (Å²) in [6, 6.07) is 7.64. The average Bonchev–Trinajstić information content (AvgIpc) is 3.13. The Balaban J connectivity index is 2.32. The summed E-state index contributed by atoms with van der Waals surface area (Å²) in [5, 5.41) is 6.63. The molecule has 0 unspecified atom stereocenters. The zero-order valence-electron chi connectivity index (χ0n) is 13.0. The Kier molecular flexibility index (Phi) is 3.48. The summed E-state index contributed by atoms with van der Waals surface area (Å²) in [7, 11) is 1.37. The number of rotatable bonds is 2. The fourth-order valence-corrected chi connectivity index (χ4v) is 2.90. The monoisotopic (exact) mass is 315 g/mol. The molecule has 0 aliphatic heterocycles. The summed E-state index contributed by atoms with van der Waals surface area (Å²) in [4.78, 5) is 17.6. The quantitative estimate of drug-likeness (QED) is 0.679. The number of nitrogens with zero attached hydrogens (tertiary/aromatic N) is 3. The molecule has 22 heavy (non-hydrogen) atoms. The molecule has 0 amide bonds. The predicted octanol–water partition coefficient (Wildman–Crippen LogP) is 3.54. The van der Waals surface area contributed by atoms with Crippen molar-refractivity contribution in [3.63, 3.8) is 0 Å². The summed E-state index contributed by atoms with van der Waals surface area (Å²) < 4.78 is 6.59. The van der Waals surface area contributed by atoms with Gasteiger partial charge >= 0.3 is 5.97 Å². The molecule has 0 fully saturated rings. The van der Waals surface area contributed by atoms with Crippen LogP contribution in [0.15, 0.2) is 29.6 Å². The molecule has 3 aromatic rings. The third-order valence-electron chi connectivity index (χ3n) is 3.33.